The first kappa shape index (κ1) is 15.4. The first-order chi connectivity index (χ1) is 8.55. The summed E-state index contributed by atoms with van der Waals surface area (Å²) < 4.78 is 63.4. The number of halogens is 6. The van der Waals surface area contributed by atoms with E-state index in [1.807, 2.05) is 0 Å². The van der Waals surface area contributed by atoms with E-state index in [4.69, 9.17) is 16.7 Å². The van der Waals surface area contributed by atoms with Crippen LogP contribution >= 0.6 is 11.6 Å². The summed E-state index contributed by atoms with van der Waals surface area (Å²) in [5.41, 5.74) is -2.22. The number of benzene rings is 1. The molecular formula is C11H6ClF5O2. The summed E-state index contributed by atoms with van der Waals surface area (Å²) >= 11 is 5.48. The minimum Gasteiger partial charge on any atom is -0.478 e. The molecule has 19 heavy (non-hydrogen) atoms. The molecular weight excluding hydrogens is 295 g/mol. The van der Waals surface area contributed by atoms with E-state index in [0.717, 1.165) is 24.3 Å². The predicted molar refractivity (Wildman–Crippen MR) is 58.1 cm³/mol. The van der Waals surface area contributed by atoms with Crippen LogP contribution in [0.25, 0.3) is 5.57 Å². The van der Waals surface area contributed by atoms with Gasteiger partial charge in [-0.1, -0.05) is 23.7 Å². The van der Waals surface area contributed by atoms with Gasteiger partial charge in [-0.05, 0) is 17.7 Å². The van der Waals surface area contributed by atoms with Crippen LogP contribution in [0.15, 0.2) is 30.3 Å². The second kappa shape index (κ2) is 5.16. The van der Waals surface area contributed by atoms with E-state index < -0.39 is 29.2 Å². The molecule has 0 heterocycles. The topological polar surface area (TPSA) is 37.3 Å². The molecule has 0 saturated carbocycles. The Bertz CT molecular complexity index is 505. The quantitative estimate of drug-likeness (QED) is 0.676. The van der Waals surface area contributed by atoms with Crippen molar-refractivity contribution in [1.29, 1.82) is 0 Å². The van der Waals surface area contributed by atoms with Gasteiger partial charge in [0.25, 0.3) is 0 Å². The van der Waals surface area contributed by atoms with Gasteiger partial charge in [0.1, 0.15) is 0 Å². The molecule has 0 radical (unpaired) electrons. The van der Waals surface area contributed by atoms with E-state index in [1.54, 1.807) is 0 Å². The summed E-state index contributed by atoms with van der Waals surface area (Å²) in [7, 11) is 0. The lowest BCUT2D eigenvalue weighted by Crippen LogP contribution is -2.37. The van der Waals surface area contributed by atoms with Gasteiger partial charge in [-0.25, -0.2) is 4.79 Å². The highest BCUT2D eigenvalue weighted by Gasteiger charge is 2.60. The molecule has 1 aromatic rings. The number of aliphatic carboxylic acids is 1. The van der Waals surface area contributed by atoms with E-state index >= 15 is 0 Å². The van der Waals surface area contributed by atoms with Crippen molar-refractivity contribution in [3.05, 3.63) is 40.9 Å². The summed E-state index contributed by atoms with van der Waals surface area (Å²) in [6.07, 6.45) is -6.06. The Hall–Kier alpha value is -1.63. The minimum atomic E-state index is -5.89. The summed E-state index contributed by atoms with van der Waals surface area (Å²) in [6, 6.07) is 3.94. The van der Waals surface area contributed by atoms with Crippen LogP contribution in [0.3, 0.4) is 0 Å². The molecule has 0 spiro atoms. The highest BCUT2D eigenvalue weighted by molar-refractivity contribution is 6.30. The Labute approximate surface area is 109 Å². The number of carbonyl (C=O) groups is 1. The fourth-order valence-electron chi connectivity index (χ4n) is 1.26. The summed E-state index contributed by atoms with van der Waals surface area (Å²) in [5, 5.41) is 8.54. The average Bonchev–Trinajstić information content (AvgIpc) is 2.25. The molecule has 0 aliphatic carbocycles. The largest absolute Gasteiger partial charge is 0.478 e. The Kier molecular flexibility index (Phi) is 4.19. The van der Waals surface area contributed by atoms with Crippen LogP contribution in [0.4, 0.5) is 22.0 Å². The highest BCUT2D eigenvalue weighted by Crippen LogP contribution is 2.45. The summed E-state index contributed by atoms with van der Waals surface area (Å²) in [6.45, 7) is 0. The van der Waals surface area contributed by atoms with Crippen LogP contribution in [0.1, 0.15) is 5.56 Å². The van der Waals surface area contributed by atoms with Gasteiger partial charge in [0.2, 0.25) is 0 Å². The third-order valence-corrected chi connectivity index (χ3v) is 2.37. The second-order valence-corrected chi connectivity index (χ2v) is 3.91. The number of rotatable bonds is 3. The standard InChI is InChI=1S/C11H6ClF5O2/c12-7-3-1-6(2-4-7)8(5-9(18)19)10(13,14)11(15,16)17/h1-5H,(H,18,19)/b8-5+. The Balaban J connectivity index is 3.40. The molecule has 8 heteroatoms. The average molecular weight is 301 g/mol. The van der Waals surface area contributed by atoms with Crippen molar-refractivity contribution in [2.75, 3.05) is 0 Å². The zero-order valence-corrected chi connectivity index (χ0v) is 9.77. The van der Waals surface area contributed by atoms with Crippen molar-refractivity contribution in [3.63, 3.8) is 0 Å². The number of alkyl halides is 5. The molecule has 0 amide bonds. The third kappa shape index (κ3) is 3.44. The maximum absolute atomic E-state index is 13.3. The first-order valence-corrected chi connectivity index (χ1v) is 5.09. The first-order valence-electron chi connectivity index (χ1n) is 4.71. The Morgan fingerprint density at radius 3 is 1.95 bits per heavy atom. The molecule has 0 fully saturated rings. The number of carboxylic acid groups (broad SMARTS) is 1. The molecule has 0 saturated heterocycles. The zero-order valence-electron chi connectivity index (χ0n) is 9.01. The van der Waals surface area contributed by atoms with Gasteiger partial charge < -0.3 is 5.11 Å². The molecule has 0 unspecified atom stereocenters. The SMILES string of the molecule is O=C(O)/C=C(\c1ccc(Cl)cc1)C(F)(F)C(F)(F)F. The summed E-state index contributed by atoms with van der Waals surface area (Å²) in [5.74, 6) is -7.19. The normalized spacial score (nSPS) is 13.5. The van der Waals surface area contributed by atoms with Crippen LogP contribution in [0.2, 0.25) is 5.02 Å². The maximum atomic E-state index is 13.3. The second-order valence-electron chi connectivity index (χ2n) is 3.48. The van der Waals surface area contributed by atoms with Crippen LogP contribution in [0, 0.1) is 0 Å². The minimum absolute atomic E-state index is 0.119. The van der Waals surface area contributed by atoms with Gasteiger partial charge in [-0.2, -0.15) is 22.0 Å². The van der Waals surface area contributed by atoms with Crippen LogP contribution < -0.4 is 0 Å². The van der Waals surface area contributed by atoms with Crippen molar-refractivity contribution in [2.45, 2.75) is 12.1 Å². The van der Waals surface area contributed by atoms with Crippen molar-refractivity contribution >= 4 is 23.1 Å². The predicted octanol–water partition coefficient (Wildman–Crippen LogP) is 4.01. The maximum Gasteiger partial charge on any atom is 0.458 e. The van der Waals surface area contributed by atoms with Gasteiger partial charge in [0.05, 0.1) is 0 Å². The Morgan fingerprint density at radius 2 is 1.58 bits per heavy atom. The van der Waals surface area contributed by atoms with Gasteiger partial charge in [0.15, 0.2) is 0 Å². The van der Waals surface area contributed by atoms with Gasteiger partial charge in [-0.15, -0.1) is 0 Å². The molecule has 0 atom stereocenters. The molecule has 0 aliphatic rings. The lowest BCUT2D eigenvalue weighted by Gasteiger charge is -2.22. The number of hydrogen-bond acceptors (Lipinski definition) is 1. The molecule has 1 N–H and O–H groups in total. The van der Waals surface area contributed by atoms with Crippen molar-refractivity contribution in [3.8, 4) is 0 Å². The highest BCUT2D eigenvalue weighted by atomic mass is 35.5. The van der Waals surface area contributed by atoms with E-state index in [1.165, 1.54) is 0 Å². The van der Waals surface area contributed by atoms with Crippen molar-refractivity contribution < 1.29 is 31.9 Å². The number of allylic oxidation sites excluding steroid dienone is 1. The van der Waals surface area contributed by atoms with Gasteiger partial charge in [-0.3, -0.25) is 0 Å². The lowest BCUT2D eigenvalue weighted by molar-refractivity contribution is -0.254. The molecule has 0 aliphatic heterocycles. The third-order valence-electron chi connectivity index (χ3n) is 2.12. The molecule has 1 rings (SSSR count). The molecule has 0 bridgehead atoms. The molecule has 2 nitrogen and oxygen atoms in total. The van der Waals surface area contributed by atoms with Crippen LogP contribution in [-0.4, -0.2) is 23.2 Å². The zero-order chi connectivity index (χ0) is 14.8. The van der Waals surface area contributed by atoms with Crippen LogP contribution in [0.5, 0.6) is 0 Å². The van der Waals surface area contributed by atoms with Gasteiger partial charge in [0, 0.05) is 16.7 Å². The number of hydrogen-bond donors (Lipinski definition) is 1. The van der Waals surface area contributed by atoms with E-state index in [9.17, 15) is 26.7 Å². The van der Waals surface area contributed by atoms with Crippen molar-refractivity contribution in [1.82, 2.24) is 0 Å². The smallest absolute Gasteiger partial charge is 0.458 e. The fourth-order valence-corrected chi connectivity index (χ4v) is 1.39. The van der Waals surface area contributed by atoms with E-state index in [2.05, 4.69) is 0 Å². The van der Waals surface area contributed by atoms with Crippen molar-refractivity contribution in [2.24, 2.45) is 0 Å². The van der Waals surface area contributed by atoms with E-state index in [-0.39, 0.29) is 11.1 Å². The summed E-state index contributed by atoms with van der Waals surface area (Å²) in [4.78, 5) is 10.4. The van der Waals surface area contributed by atoms with Crippen LogP contribution in [-0.2, 0) is 4.79 Å². The Morgan fingerprint density at radius 1 is 1.11 bits per heavy atom. The molecule has 1 aromatic carbocycles. The van der Waals surface area contributed by atoms with Gasteiger partial charge >= 0.3 is 18.1 Å². The number of carboxylic acids is 1. The lowest BCUT2D eigenvalue weighted by atomic mass is 9.99. The molecule has 104 valence electrons. The fraction of sp³-hybridized carbons (Fsp3) is 0.182. The monoisotopic (exact) mass is 300 g/mol. The molecule has 0 aromatic heterocycles. The van der Waals surface area contributed by atoms with E-state index in [0.29, 0.717) is 0 Å².